The summed E-state index contributed by atoms with van der Waals surface area (Å²) in [7, 11) is 0. The molecule has 5 nitrogen and oxygen atoms in total. The standard InChI is InChI=1S/C12H10F2N2O3/c1-3-18-12(17)10-15-11(19-16-10)7-4-6(2)8(13)5-9(7)14/h4-5H,3H2,1-2H3. The van der Waals surface area contributed by atoms with Gasteiger partial charge >= 0.3 is 5.97 Å². The number of aryl methyl sites for hydroxylation is 1. The number of halogens is 2. The Morgan fingerprint density at radius 3 is 2.79 bits per heavy atom. The van der Waals surface area contributed by atoms with Crippen LogP contribution in [0, 0.1) is 18.6 Å². The fourth-order valence-corrected chi connectivity index (χ4v) is 1.43. The van der Waals surface area contributed by atoms with Crippen LogP contribution in [0.2, 0.25) is 0 Å². The summed E-state index contributed by atoms with van der Waals surface area (Å²) in [5.74, 6) is -2.80. The molecule has 1 heterocycles. The predicted molar refractivity (Wildman–Crippen MR) is 60.3 cm³/mol. The quantitative estimate of drug-likeness (QED) is 0.800. The van der Waals surface area contributed by atoms with Crippen molar-refractivity contribution in [2.75, 3.05) is 6.61 Å². The molecule has 0 fully saturated rings. The number of aromatic nitrogens is 2. The molecule has 1 aromatic heterocycles. The minimum atomic E-state index is -0.845. The molecule has 0 aliphatic rings. The smallest absolute Gasteiger partial charge is 0.379 e. The van der Waals surface area contributed by atoms with E-state index in [-0.39, 0.29) is 29.4 Å². The van der Waals surface area contributed by atoms with E-state index >= 15 is 0 Å². The lowest BCUT2D eigenvalue weighted by Gasteiger charge is -2.00. The molecule has 0 saturated heterocycles. The first kappa shape index (κ1) is 13.1. The highest BCUT2D eigenvalue weighted by molar-refractivity contribution is 5.85. The third-order valence-electron chi connectivity index (χ3n) is 2.36. The van der Waals surface area contributed by atoms with Gasteiger partial charge in [0, 0.05) is 6.07 Å². The van der Waals surface area contributed by atoms with Crippen molar-refractivity contribution >= 4 is 5.97 Å². The minimum Gasteiger partial charge on any atom is -0.460 e. The molecule has 0 N–H and O–H groups in total. The number of carbonyl (C=O) groups is 1. The van der Waals surface area contributed by atoms with Crippen LogP contribution in [0.25, 0.3) is 11.5 Å². The minimum absolute atomic E-state index is 0.0676. The van der Waals surface area contributed by atoms with Crippen molar-refractivity contribution in [2.45, 2.75) is 13.8 Å². The van der Waals surface area contributed by atoms with Gasteiger partial charge in [0.15, 0.2) is 0 Å². The summed E-state index contributed by atoms with van der Waals surface area (Å²) < 4.78 is 36.2. The molecule has 1 aromatic carbocycles. The number of hydrogen-bond acceptors (Lipinski definition) is 5. The van der Waals surface area contributed by atoms with Crippen LogP contribution in [0.3, 0.4) is 0 Å². The average molecular weight is 268 g/mol. The van der Waals surface area contributed by atoms with E-state index in [0.717, 1.165) is 6.07 Å². The summed E-state index contributed by atoms with van der Waals surface area (Å²) in [4.78, 5) is 15.1. The third kappa shape index (κ3) is 2.59. The first-order valence-corrected chi connectivity index (χ1v) is 5.49. The first-order chi connectivity index (χ1) is 9.02. The van der Waals surface area contributed by atoms with Gasteiger partial charge in [0.1, 0.15) is 11.6 Å². The van der Waals surface area contributed by atoms with Crippen LogP contribution in [0.5, 0.6) is 0 Å². The maximum absolute atomic E-state index is 13.6. The fourth-order valence-electron chi connectivity index (χ4n) is 1.43. The monoisotopic (exact) mass is 268 g/mol. The highest BCUT2D eigenvalue weighted by Gasteiger charge is 2.19. The van der Waals surface area contributed by atoms with Gasteiger partial charge in [0.05, 0.1) is 12.2 Å². The molecule has 100 valence electrons. The molecule has 0 bridgehead atoms. The number of nitrogens with zero attached hydrogens (tertiary/aromatic N) is 2. The van der Waals surface area contributed by atoms with Crippen LogP contribution in [0.15, 0.2) is 16.7 Å². The summed E-state index contributed by atoms with van der Waals surface area (Å²) in [5, 5.41) is 3.38. The van der Waals surface area contributed by atoms with Crippen molar-refractivity contribution in [1.82, 2.24) is 10.1 Å². The molecule has 2 aromatic rings. The lowest BCUT2D eigenvalue weighted by atomic mass is 10.1. The van der Waals surface area contributed by atoms with Gasteiger partial charge in [-0.25, -0.2) is 13.6 Å². The van der Waals surface area contributed by atoms with Gasteiger partial charge in [-0.15, -0.1) is 0 Å². The predicted octanol–water partition coefficient (Wildman–Crippen LogP) is 2.50. The number of benzene rings is 1. The molecule has 0 radical (unpaired) electrons. The second-order valence-electron chi connectivity index (χ2n) is 3.72. The molecule has 0 unspecified atom stereocenters. The van der Waals surface area contributed by atoms with E-state index < -0.39 is 17.6 Å². The maximum atomic E-state index is 13.6. The van der Waals surface area contributed by atoms with E-state index in [1.807, 2.05) is 0 Å². The molecule has 0 aliphatic heterocycles. The normalized spacial score (nSPS) is 10.5. The summed E-state index contributed by atoms with van der Waals surface area (Å²) in [6.07, 6.45) is 0. The van der Waals surface area contributed by atoms with Gasteiger partial charge in [-0.05, 0) is 30.6 Å². The van der Waals surface area contributed by atoms with Gasteiger partial charge in [-0.1, -0.05) is 0 Å². The van der Waals surface area contributed by atoms with E-state index in [4.69, 9.17) is 4.52 Å². The van der Waals surface area contributed by atoms with Crippen molar-refractivity contribution in [1.29, 1.82) is 0 Å². The van der Waals surface area contributed by atoms with Gasteiger partial charge in [0.2, 0.25) is 0 Å². The van der Waals surface area contributed by atoms with E-state index in [1.54, 1.807) is 6.92 Å². The van der Waals surface area contributed by atoms with E-state index in [0.29, 0.717) is 0 Å². The summed E-state index contributed by atoms with van der Waals surface area (Å²) in [6, 6.07) is 1.95. The van der Waals surface area contributed by atoms with Gasteiger partial charge in [-0.2, -0.15) is 4.98 Å². The van der Waals surface area contributed by atoms with Crippen molar-refractivity contribution in [3.8, 4) is 11.5 Å². The number of esters is 1. The van der Waals surface area contributed by atoms with Crippen molar-refractivity contribution in [3.63, 3.8) is 0 Å². The Labute approximate surface area is 107 Å². The van der Waals surface area contributed by atoms with Crippen LogP contribution in [-0.2, 0) is 4.74 Å². The van der Waals surface area contributed by atoms with Crippen LogP contribution < -0.4 is 0 Å². The molecule has 0 saturated carbocycles. The van der Waals surface area contributed by atoms with E-state index in [1.165, 1.54) is 13.0 Å². The van der Waals surface area contributed by atoms with Crippen molar-refractivity contribution in [3.05, 3.63) is 35.2 Å². The second kappa shape index (κ2) is 5.13. The van der Waals surface area contributed by atoms with Gasteiger partial charge in [-0.3, -0.25) is 0 Å². The molecule has 2 rings (SSSR count). The zero-order chi connectivity index (χ0) is 14.0. The highest BCUT2D eigenvalue weighted by atomic mass is 19.1. The summed E-state index contributed by atoms with van der Waals surface area (Å²) in [6.45, 7) is 3.26. The lowest BCUT2D eigenvalue weighted by molar-refractivity contribution is 0.0508. The highest BCUT2D eigenvalue weighted by Crippen LogP contribution is 2.24. The summed E-state index contributed by atoms with van der Waals surface area (Å²) >= 11 is 0. The first-order valence-electron chi connectivity index (χ1n) is 5.49. The third-order valence-corrected chi connectivity index (χ3v) is 2.36. The molecule has 19 heavy (non-hydrogen) atoms. The van der Waals surface area contributed by atoms with Crippen LogP contribution in [0.1, 0.15) is 23.1 Å². The van der Waals surface area contributed by atoms with Gasteiger partial charge in [0.25, 0.3) is 11.7 Å². The topological polar surface area (TPSA) is 65.2 Å². The molecule has 0 spiro atoms. The molecule has 7 heteroatoms. The van der Waals surface area contributed by atoms with E-state index in [9.17, 15) is 13.6 Å². The van der Waals surface area contributed by atoms with Gasteiger partial charge < -0.3 is 9.26 Å². The van der Waals surface area contributed by atoms with E-state index in [2.05, 4.69) is 14.9 Å². The van der Waals surface area contributed by atoms with Crippen LogP contribution >= 0.6 is 0 Å². The Bertz CT molecular complexity index is 625. The van der Waals surface area contributed by atoms with Crippen molar-refractivity contribution in [2.24, 2.45) is 0 Å². The number of hydrogen-bond donors (Lipinski definition) is 0. The Morgan fingerprint density at radius 1 is 1.37 bits per heavy atom. The Balaban J connectivity index is 2.38. The number of carbonyl (C=O) groups excluding carboxylic acids is 1. The number of rotatable bonds is 3. The Morgan fingerprint density at radius 2 is 2.11 bits per heavy atom. The summed E-state index contributed by atoms with van der Waals surface area (Å²) in [5.41, 5.74) is 0.161. The second-order valence-corrected chi connectivity index (χ2v) is 3.72. The Hall–Kier alpha value is -2.31. The average Bonchev–Trinajstić information content (AvgIpc) is 2.83. The number of ether oxygens (including phenoxy) is 1. The lowest BCUT2D eigenvalue weighted by Crippen LogP contribution is -2.06. The Kier molecular flexibility index (Phi) is 3.55. The molecular formula is C12H10F2N2O3. The van der Waals surface area contributed by atoms with Crippen LogP contribution in [-0.4, -0.2) is 22.7 Å². The molecular weight excluding hydrogens is 258 g/mol. The SMILES string of the molecule is CCOC(=O)c1noc(-c2cc(C)c(F)cc2F)n1. The maximum Gasteiger partial charge on any atom is 0.379 e. The largest absolute Gasteiger partial charge is 0.460 e. The molecule has 0 aliphatic carbocycles. The fraction of sp³-hybridized carbons (Fsp3) is 0.250. The molecule has 0 amide bonds. The van der Waals surface area contributed by atoms with Crippen molar-refractivity contribution < 1.29 is 22.8 Å². The zero-order valence-corrected chi connectivity index (χ0v) is 10.2. The molecule has 0 atom stereocenters. The zero-order valence-electron chi connectivity index (χ0n) is 10.2. The van der Waals surface area contributed by atoms with Crippen LogP contribution in [0.4, 0.5) is 8.78 Å².